The molecule has 8 heteroatoms. The molecule has 7 nitrogen and oxygen atoms in total. The van der Waals surface area contributed by atoms with Crippen LogP contribution in [0.5, 0.6) is 0 Å². The lowest BCUT2D eigenvalue weighted by molar-refractivity contribution is -0.138. The van der Waals surface area contributed by atoms with Gasteiger partial charge >= 0.3 is 0 Å². The SMILES string of the molecule is CN(CCCCN1CCOCC1)C(=O)C[C@@H]1C(=O)NCCN1Cc1cccc(F)c1. The first-order chi connectivity index (χ1) is 14.5. The minimum atomic E-state index is -0.523. The number of ether oxygens (including phenoxy) is 1. The van der Waals surface area contributed by atoms with Gasteiger partial charge in [-0.25, -0.2) is 4.39 Å². The Hall–Kier alpha value is -2.03. The van der Waals surface area contributed by atoms with E-state index in [0.717, 1.165) is 51.3 Å². The average Bonchev–Trinajstić information content (AvgIpc) is 2.74. The number of nitrogens with one attached hydrogen (secondary N) is 1. The second-order valence-corrected chi connectivity index (χ2v) is 8.09. The normalized spacial score (nSPS) is 20.7. The predicted octanol–water partition coefficient (Wildman–Crippen LogP) is 1.09. The number of amides is 2. The molecule has 2 aliphatic rings. The Morgan fingerprint density at radius 2 is 2.07 bits per heavy atom. The number of unbranched alkanes of at least 4 members (excludes halogenated alkanes) is 1. The van der Waals surface area contributed by atoms with Crippen LogP contribution in [-0.4, -0.2) is 92.1 Å². The van der Waals surface area contributed by atoms with Crippen molar-refractivity contribution in [2.24, 2.45) is 0 Å². The molecule has 30 heavy (non-hydrogen) atoms. The molecule has 1 aromatic rings. The van der Waals surface area contributed by atoms with Gasteiger partial charge in [-0.1, -0.05) is 12.1 Å². The van der Waals surface area contributed by atoms with Crippen LogP contribution in [0.4, 0.5) is 4.39 Å². The summed E-state index contributed by atoms with van der Waals surface area (Å²) in [6.07, 6.45) is 2.11. The van der Waals surface area contributed by atoms with Crippen molar-refractivity contribution >= 4 is 11.8 Å². The minimum absolute atomic E-state index is 0.0346. The molecule has 3 rings (SSSR count). The maximum atomic E-state index is 13.5. The minimum Gasteiger partial charge on any atom is -0.379 e. The number of morpholine rings is 1. The molecule has 1 aromatic carbocycles. The Bertz CT molecular complexity index is 711. The standard InChI is InChI=1S/C22H33FN4O3/c1-25(8-2-3-9-26-11-13-30-14-12-26)21(28)16-20-22(29)24-7-10-27(20)17-18-5-4-6-19(23)15-18/h4-6,15,20H,2-3,7-14,16-17H2,1H3,(H,24,29)/t20-/m1/s1. The average molecular weight is 421 g/mol. The highest BCUT2D eigenvalue weighted by molar-refractivity contribution is 5.88. The van der Waals surface area contributed by atoms with Gasteiger partial charge < -0.3 is 15.0 Å². The Morgan fingerprint density at radius 1 is 1.27 bits per heavy atom. The third-order valence-electron chi connectivity index (χ3n) is 5.83. The molecule has 0 aliphatic carbocycles. The number of nitrogens with zero attached hydrogens (tertiary/aromatic N) is 3. The summed E-state index contributed by atoms with van der Waals surface area (Å²) in [4.78, 5) is 31.3. The monoisotopic (exact) mass is 420 g/mol. The fraction of sp³-hybridized carbons (Fsp3) is 0.636. The van der Waals surface area contributed by atoms with Gasteiger partial charge in [0, 0.05) is 46.3 Å². The summed E-state index contributed by atoms with van der Waals surface area (Å²) in [6.45, 7) is 6.90. The third-order valence-corrected chi connectivity index (χ3v) is 5.83. The molecule has 166 valence electrons. The van der Waals surface area contributed by atoms with E-state index in [9.17, 15) is 14.0 Å². The second kappa shape index (κ2) is 11.4. The number of halogens is 1. The van der Waals surface area contributed by atoms with Gasteiger partial charge in [0.1, 0.15) is 5.82 Å². The maximum absolute atomic E-state index is 13.5. The number of hydrogen-bond acceptors (Lipinski definition) is 5. The van der Waals surface area contributed by atoms with Crippen molar-refractivity contribution in [3.05, 3.63) is 35.6 Å². The first-order valence-electron chi connectivity index (χ1n) is 10.8. The molecule has 0 saturated carbocycles. The Labute approximate surface area is 178 Å². The summed E-state index contributed by atoms with van der Waals surface area (Å²) in [7, 11) is 1.80. The van der Waals surface area contributed by atoms with E-state index in [-0.39, 0.29) is 24.1 Å². The van der Waals surface area contributed by atoms with Crippen molar-refractivity contribution in [3.8, 4) is 0 Å². The zero-order valence-electron chi connectivity index (χ0n) is 17.8. The number of benzene rings is 1. The molecular formula is C22H33FN4O3. The van der Waals surface area contributed by atoms with E-state index in [0.29, 0.717) is 26.2 Å². The molecule has 0 radical (unpaired) electrons. The zero-order valence-corrected chi connectivity index (χ0v) is 17.8. The summed E-state index contributed by atoms with van der Waals surface area (Å²) in [5.41, 5.74) is 0.804. The topological polar surface area (TPSA) is 65.1 Å². The van der Waals surface area contributed by atoms with Gasteiger partial charge in [0.2, 0.25) is 11.8 Å². The van der Waals surface area contributed by atoms with Crippen molar-refractivity contribution in [2.45, 2.75) is 31.8 Å². The lowest BCUT2D eigenvalue weighted by atomic mass is 10.1. The van der Waals surface area contributed by atoms with Crippen molar-refractivity contribution in [3.63, 3.8) is 0 Å². The zero-order chi connectivity index (χ0) is 21.3. The maximum Gasteiger partial charge on any atom is 0.237 e. The van der Waals surface area contributed by atoms with E-state index in [2.05, 4.69) is 10.2 Å². The van der Waals surface area contributed by atoms with E-state index < -0.39 is 6.04 Å². The molecule has 2 saturated heterocycles. The van der Waals surface area contributed by atoms with Crippen molar-refractivity contribution < 1.29 is 18.7 Å². The van der Waals surface area contributed by atoms with Crippen molar-refractivity contribution in [1.82, 2.24) is 20.0 Å². The molecule has 1 atom stereocenters. The predicted molar refractivity (Wildman–Crippen MR) is 112 cm³/mol. The van der Waals surface area contributed by atoms with Crippen LogP contribution in [0, 0.1) is 5.82 Å². The Morgan fingerprint density at radius 3 is 2.83 bits per heavy atom. The first kappa shape index (κ1) is 22.7. The molecule has 0 spiro atoms. The Balaban J connectivity index is 1.46. The van der Waals surface area contributed by atoms with Gasteiger partial charge in [0.05, 0.1) is 25.7 Å². The lowest BCUT2D eigenvalue weighted by Gasteiger charge is -2.35. The van der Waals surface area contributed by atoms with E-state index in [4.69, 9.17) is 4.74 Å². The van der Waals surface area contributed by atoms with Crippen LogP contribution in [0.2, 0.25) is 0 Å². The molecule has 2 heterocycles. The van der Waals surface area contributed by atoms with E-state index >= 15 is 0 Å². The molecule has 0 aromatic heterocycles. The van der Waals surface area contributed by atoms with Gasteiger partial charge in [-0.05, 0) is 37.1 Å². The largest absolute Gasteiger partial charge is 0.379 e. The lowest BCUT2D eigenvalue weighted by Crippen LogP contribution is -2.56. The summed E-state index contributed by atoms with van der Waals surface area (Å²) < 4.78 is 18.9. The van der Waals surface area contributed by atoms with Gasteiger partial charge in [0.15, 0.2) is 0 Å². The molecule has 2 fully saturated rings. The molecule has 0 bridgehead atoms. The van der Waals surface area contributed by atoms with Crippen molar-refractivity contribution in [2.75, 3.05) is 59.5 Å². The molecular weight excluding hydrogens is 387 g/mol. The van der Waals surface area contributed by atoms with Crippen LogP contribution >= 0.6 is 0 Å². The Kier molecular flexibility index (Phi) is 8.60. The van der Waals surface area contributed by atoms with Gasteiger partial charge in [-0.3, -0.25) is 19.4 Å². The highest BCUT2D eigenvalue weighted by Crippen LogP contribution is 2.16. The summed E-state index contributed by atoms with van der Waals surface area (Å²) in [5, 5.41) is 2.85. The van der Waals surface area contributed by atoms with Crippen LogP contribution in [-0.2, 0) is 20.9 Å². The summed E-state index contributed by atoms with van der Waals surface area (Å²) in [6, 6.07) is 5.87. The number of rotatable bonds is 9. The highest BCUT2D eigenvalue weighted by Gasteiger charge is 2.32. The van der Waals surface area contributed by atoms with Crippen LogP contribution < -0.4 is 5.32 Å². The molecule has 1 N–H and O–H groups in total. The van der Waals surface area contributed by atoms with E-state index in [1.165, 1.54) is 12.1 Å². The van der Waals surface area contributed by atoms with Gasteiger partial charge in [-0.15, -0.1) is 0 Å². The number of piperazine rings is 1. The van der Waals surface area contributed by atoms with Crippen LogP contribution in [0.15, 0.2) is 24.3 Å². The van der Waals surface area contributed by atoms with Crippen LogP contribution in [0.1, 0.15) is 24.8 Å². The van der Waals surface area contributed by atoms with Crippen LogP contribution in [0.25, 0.3) is 0 Å². The third kappa shape index (κ3) is 6.75. The summed E-state index contributed by atoms with van der Waals surface area (Å²) in [5.74, 6) is -0.460. The number of carbonyl (C=O) groups is 2. The fourth-order valence-electron chi connectivity index (χ4n) is 4.00. The summed E-state index contributed by atoms with van der Waals surface area (Å²) >= 11 is 0. The molecule has 2 amide bonds. The van der Waals surface area contributed by atoms with Crippen molar-refractivity contribution in [1.29, 1.82) is 0 Å². The fourth-order valence-corrected chi connectivity index (χ4v) is 4.00. The number of hydrogen-bond donors (Lipinski definition) is 1. The van der Waals surface area contributed by atoms with Crippen LogP contribution in [0.3, 0.4) is 0 Å². The van der Waals surface area contributed by atoms with Gasteiger partial charge in [0.25, 0.3) is 0 Å². The molecule has 0 unspecified atom stereocenters. The highest BCUT2D eigenvalue weighted by atomic mass is 19.1. The van der Waals surface area contributed by atoms with Gasteiger partial charge in [-0.2, -0.15) is 0 Å². The molecule has 2 aliphatic heterocycles. The van der Waals surface area contributed by atoms with E-state index in [1.807, 2.05) is 11.0 Å². The number of carbonyl (C=O) groups excluding carboxylic acids is 2. The second-order valence-electron chi connectivity index (χ2n) is 8.09. The smallest absolute Gasteiger partial charge is 0.237 e. The first-order valence-corrected chi connectivity index (χ1v) is 10.8. The van der Waals surface area contributed by atoms with E-state index in [1.54, 1.807) is 18.0 Å². The quantitative estimate of drug-likeness (QED) is 0.606.